The van der Waals surface area contributed by atoms with Gasteiger partial charge in [-0.2, -0.15) is 0 Å². The topological polar surface area (TPSA) is 67.4 Å². The van der Waals surface area contributed by atoms with Crippen LogP contribution in [0.25, 0.3) is 0 Å². The van der Waals surface area contributed by atoms with Crippen LogP contribution in [0.3, 0.4) is 0 Å². The summed E-state index contributed by atoms with van der Waals surface area (Å²) >= 11 is 0. The van der Waals surface area contributed by atoms with Crippen LogP contribution >= 0.6 is 0 Å². The highest BCUT2D eigenvalue weighted by atomic mass is 16.6. The van der Waals surface area contributed by atoms with Crippen molar-refractivity contribution in [1.82, 2.24) is 15.5 Å². The molecule has 3 rings (SSSR count). The van der Waals surface area contributed by atoms with Gasteiger partial charge in [0.2, 0.25) is 0 Å². The first-order chi connectivity index (χ1) is 14.4. The molecule has 2 aliphatic rings. The summed E-state index contributed by atoms with van der Waals surface area (Å²) in [5, 5.41) is 7.04. The van der Waals surface area contributed by atoms with E-state index in [1.165, 1.54) is 5.56 Å². The molecule has 0 bridgehead atoms. The molecule has 30 heavy (non-hydrogen) atoms. The lowest BCUT2D eigenvalue weighted by Crippen LogP contribution is -2.53. The second kappa shape index (κ2) is 10.4. The van der Waals surface area contributed by atoms with Crippen LogP contribution in [0.5, 0.6) is 11.5 Å². The number of benzene rings is 1. The molecule has 0 radical (unpaired) electrons. The molecule has 2 heterocycles. The second-order valence-corrected chi connectivity index (χ2v) is 9.01. The third kappa shape index (κ3) is 5.79. The van der Waals surface area contributed by atoms with E-state index in [0.717, 1.165) is 56.9 Å². The molecule has 1 fully saturated rings. The van der Waals surface area contributed by atoms with Crippen LogP contribution in [0.1, 0.15) is 33.3 Å². The molecule has 1 aromatic carbocycles. The first kappa shape index (κ1) is 22.7. The lowest BCUT2D eigenvalue weighted by atomic mass is 9.84. The van der Waals surface area contributed by atoms with Crippen LogP contribution in [0, 0.1) is 5.92 Å². The summed E-state index contributed by atoms with van der Waals surface area (Å²) in [6, 6.07) is 6.69. The van der Waals surface area contributed by atoms with Crippen molar-refractivity contribution in [3.8, 4) is 11.5 Å². The Morgan fingerprint density at radius 2 is 1.77 bits per heavy atom. The summed E-state index contributed by atoms with van der Waals surface area (Å²) < 4.78 is 16.9. The van der Waals surface area contributed by atoms with E-state index >= 15 is 0 Å². The van der Waals surface area contributed by atoms with Crippen LogP contribution < -0.4 is 20.1 Å². The number of nitrogens with one attached hydrogen (secondary N) is 2. The van der Waals surface area contributed by atoms with Gasteiger partial charge in [-0.25, -0.2) is 0 Å². The van der Waals surface area contributed by atoms with Gasteiger partial charge in [-0.3, -0.25) is 9.89 Å². The number of hydrogen-bond donors (Lipinski definition) is 2. The maximum absolute atomic E-state index is 5.76. The highest BCUT2D eigenvalue weighted by molar-refractivity contribution is 5.79. The average molecular weight is 419 g/mol. The number of nitrogens with zero attached hydrogens (tertiary/aromatic N) is 2. The summed E-state index contributed by atoms with van der Waals surface area (Å²) in [7, 11) is 1.82. The normalized spacial score (nSPS) is 18.9. The summed E-state index contributed by atoms with van der Waals surface area (Å²) in [6.45, 7) is 15.5. The number of ether oxygens (including phenoxy) is 3. The Morgan fingerprint density at radius 1 is 1.07 bits per heavy atom. The molecule has 0 amide bonds. The number of fused-ring (bicyclic) bond motifs is 1. The SMILES string of the molecule is CN=C(NCC(C(C)C)N1CCOCC1)NCC(C)(C)c1ccc2c(c1)OCCO2. The van der Waals surface area contributed by atoms with Crippen LogP contribution in [0.2, 0.25) is 0 Å². The van der Waals surface area contributed by atoms with Crippen molar-refractivity contribution in [3.05, 3.63) is 23.8 Å². The minimum absolute atomic E-state index is 0.0882. The molecule has 1 atom stereocenters. The van der Waals surface area contributed by atoms with E-state index in [4.69, 9.17) is 14.2 Å². The van der Waals surface area contributed by atoms with Crippen molar-refractivity contribution < 1.29 is 14.2 Å². The van der Waals surface area contributed by atoms with Gasteiger partial charge in [0, 0.05) is 44.7 Å². The largest absolute Gasteiger partial charge is 0.486 e. The molecule has 7 heteroatoms. The zero-order valence-corrected chi connectivity index (χ0v) is 19.2. The minimum Gasteiger partial charge on any atom is -0.486 e. The van der Waals surface area contributed by atoms with Crippen LogP contribution in [0.15, 0.2) is 23.2 Å². The Hall–Kier alpha value is -1.99. The van der Waals surface area contributed by atoms with E-state index < -0.39 is 0 Å². The van der Waals surface area contributed by atoms with Gasteiger partial charge in [-0.1, -0.05) is 33.8 Å². The summed E-state index contributed by atoms with van der Waals surface area (Å²) in [5.74, 6) is 3.05. The molecule has 0 saturated carbocycles. The van der Waals surface area contributed by atoms with Gasteiger partial charge in [0.25, 0.3) is 0 Å². The molecule has 0 aromatic heterocycles. The highest BCUT2D eigenvalue weighted by Crippen LogP contribution is 2.34. The van der Waals surface area contributed by atoms with Crippen molar-refractivity contribution in [3.63, 3.8) is 0 Å². The molecule has 2 N–H and O–H groups in total. The number of rotatable bonds is 7. The molecular formula is C23H38N4O3. The third-order valence-corrected chi connectivity index (χ3v) is 6.01. The molecule has 2 aliphatic heterocycles. The summed E-state index contributed by atoms with van der Waals surface area (Å²) in [4.78, 5) is 6.96. The van der Waals surface area contributed by atoms with Crippen LogP contribution in [-0.2, 0) is 10.2 Å². The number of aliphatic imine (C=N–C) groups is 1. The van der Waals surface area contributed by atoms with Gasteiger partial charge in [0.1, 0.15) is 13.2 Å². The lowest BCUT2D eigenvalue weighted by molar-refractivity contribution is 0.00752. The molecular weight excluding hydrogens is 380 g/mol. The highest BCUT2D eigenvalue weighted by Gasteiger charge is 2.26. The molecule has 0 aliphatic carbocycles. The predicted octanol–water partition coefficient (Wildman–Crippen LogP) is 2.26. The van der Waals surface area contributed by atoms with Gasteiger partial charge < -0.3 is 24.8 Å². The Balaban J connectivity index is 1.56. The predicted molar refractivity (Wildman–Crippen MR) is 121 cm³/mol. The van der Waals surface area contributed by atoms with Gasteiger partial charge >= 0.3 is 0 Å². The average Bonchev–Trinajstić information content (AvgIpc) is 2.76. The Labute approximate surface area is 181 Å². The Morgan fingerprint density at radius 3 is 2.43 bits per heavy atom. The lowest BCUT2D eigenvalue weighted by Gasteiger charge is -2.37. The molecule has 7 nitrogen and oxygen atoms in total. The first-order valence-electron chi connectivity index (χ1n) is 11.1. The zero-order chi connectivity index (χ0) is 21.6. The van der Waals surface area contributed by atoms with Crippen molar-refractivity contribution in [2.45, 2.75) is 39.2 Å². The van der Waals surface area contributed by atoms with E-state index in [2.05, 4.69) is 60.4 Å². The van der Waals surface area contributed by atoms with Crippen LogP contribution in [-0.4, -0.2) is 76.6 Å². The second-order valence-electron chi connectivity index (χ2n) is 9.01. The quantitative estimate of drug-likeness (QED) is 0.523. The zero-order valence-electron chi connectivity index (χ0n) is 19.2. The van der Waals surface area contributed by atoms with Gasteiger partial charge in [0.15, 0.2) is 17.5 Å². The molecule has 1 unspecified atom stereocenters. The van der Waals surface area contributed by atoms with E-state index in [1.54, 1.807) is 0 Å². The number of morpholine rings is 1. The fourth-order valence-corrected chi connectivity index (χ4v) is 3.99. The smallest absolute Gasteiger partial charge is 0.191 e. The maximum atomic E-state index is 5.76. The fraction of sp³-hybridized carbons (Fsp3) is 0.696. The van der Waals surface area contributed by atoms with Crippen LogP contribution in [0.4, 0.5) is 0 Å². The fourth-order valence-electron chi connectivity index (χ4n) is 3.99. The van der Waals surface area contributed by atoms with Gasteiger partial charge in [-0.15, -0.1) is 0 Å². The first-order valence-corrected chi connectivity index (χ1v) is 11.1. The van der Waals surface area contributed by atoms with E-state index in [0.29, 0.717) is 25.2 Å². The molecule has 168 valence electrons. The van der Waals surface area contributed by atoms with E-state index in [1.807, 2.05) is 13.1 Å². The van der Waals surface area contributed by atoms with Crippen molar-refractivity contribution in [2.75, 3.05) is 59.7 Å². The van der Waals surface area contributed by atoms with Gasteiger partial charge in [0.05, 0.1) is 13.2 Å². The Bertz CT molecular complexity index is 714. The standard InChI is InChI=1S/C23H38N4O3/c1-17(2)19(27-8-10-28-11-9-27)15-25-22(24-5)26-16-23(3,4)18-6-7-20-21(14-18)30-13-12-29-20/h6-7,14,17,19H,8-13,15-16H2,1-5H3,(H2,24,25,26). The Kier molecular flexibility index (Phi) is 7.83. The molecule has 1 saturated heterocycles. The van der Waals surface area contributed by atoms with Crippen molar-refractivity contribution >= 4 is 5.96 Å². The van der Waals surface area contributed by atoms with Crippen molar-refractivity contribution in [1.29, 1.82) is 0 Å². The molecule has 0 spiro atoms. The summed E-state index contributed by atoms with van der Waals surface area (Å²) in [5.41, 5.74) is 1.12. The third-order valence-electron chi connectivity index (χ3n) is 6.01. The number of hydrogen-bond acceptors (Lipinski definition) is 5. The summed E-state index contributed by atoms with van der Waals surface area (Å²) in [6.07, 6.45) is 0. The minimum atomic E-state index is -0.0882. The van der Waals surface area contributed by atoms with E-state index in [-0.39, 0.29) is 5.41 Å². The number of guanidine groups is 1. The molecule has 1 aromatic rings. The monoisotopic (exact) mass is 418 g/mol. The van der Waals surface area contributed by atoms with E-state index in [9.17, 15) is 0 Å². The maximum Gasteiger partial charge on any atom is 0.191 e. The van der Waals surface area contributed by atoms with Crippen molar-refractivity contribution in [2.24, 2.45) is 10.9 Å². The van der Waals surface area contributed by atoms with Gasteiger partial charge in [-0.05, 0) is 23.6 Å².